The molecule has 0 fully saturated rings. The molecule has 2 N–H and O–H groups in total. The zero-order valence-electron chi connectivity index (χ0n) is 7.47. The van der Waals surface area contributed by atoms with Crippen LogP contribution in [0, 0.1) is 0 Å². The summed E-state index contributed by atoms with van der Waals surface area (Å²) in [5.41, 5.74) is 6.63. The van der Waals surface area contributed by atoms with E-state index in [4.69, 9.17) is 5.73 Å². The molecule has 0 amide bonds. The molecule has 14 heavy (non-hydrogen) atoms. The minimum Gasteiger partial charge on any atom is -0.366 e. The second kappa shape index (κ2) is 2.84. The standard InChI is InChI=1S/C8H9N5S/c9-7-11-8-10-5-2-1-3-14-6(5)4-13(8)12-7/h4H,1-3H2,(H2,9,12). The largest absolute Gasteiger partial charge is 0.366 e. The summed E-state index contributed by atoms with van der Waals surface area (Å²) in [5.74, 6) is 2.04. The molecule has 3 rings (SSSR count). The summed E-state index contributed by atoms with van der Waals surface area (Å²) >= 11 is 1.82. The van der Waals surface area contributed by atoms with E-state index in [1.807, 2.05) is 18.0 Å². The number of nitrogen functional groups attached to an aromatic ring is 1. The third kappa shape index (κ3) is 1.14. The third-order valence-corrected chi connectivity index (χ3v) is 3.35. The van der Waals surface area contributed by atoms with Gasteiger partial charge in [0.1, 0.15) is 0 Å². The molecule has 0 bridgehead atoms. The number of aromatic nitrogens is 4. The Morgan fingerprint density at radius 1 is 1.43 bits per heavy atom. The number of nitrogens with two attached hydrogens (primary N) is 1. The maximum absolute atomic E-state index is 5.50. The van der Waals surface area contributed by atoms with E-state index in [-0.39, 0.29) is 5.95 Å². The van der Waals surface area contributed by atoms with Crippen molar-refractivity contribution in [3.8, 4) is 0 Å². The highest BCUT2D eigenvalue weighted by molar-refractivity contribution is 7.99. The van der Waals surface area contributed by atoms with Crippen molar-refractivity contribution in [1.82, 2.24) is 19.6 Å². The van der Waals surface area contributed by atoms with Crippen LogP contribution in [0.25, 0.3) is 5.78 Å². The summed E-state index contributed by atoms with van der Waals surface area (Å²) in [5, 5.41) is 4.03. The molecule has 0 aliphatic carbocycles. The molecule has 0 radical (unpaired) electrons. The van der Waals surface area contributed by atoms with Gasteiger partial charge in [-0.05, 0) is 18.6 Å². The van der Waals surface area contributed by atoms with Crippen LogP contribution in [-0.4, -0.2) is 25.3 Å². The number of thioether (sulfide) groups is 1. The predicted molar refractivity (Wildman–Crippen MR) is 54.2 cm³/mol. The summed E-state index contributed by atoms with van der Waals surface area (Å²) in [4.78, 5) is 9.66. The Bertz CT molecular complexity index is 449. The van der Waals surface area contributed by atoms with Gasteiger partial charge in [-0.3, -0.25) is 0 Å². The van der Waals surface area contributed by atoms with Gasteiger partial charge in [0.2, 0.25) is 5.95 Å². The molecule has 72 valence electrons. The molecule has 1 aliphatic rings. The van der Waals surface area contributed by atoms with Crippen molar-refractivity contribution in [2.24, 2.45) is 0 Å². The Balaban J connectivity index is 2.26. The highest BCUT2D eigenvalue weighted by Gasteiger charge is 2.13. The third-order valence-electron chi connectivity index (χ3n) is 2.20. The summed E-state index contributed by atoms with van der Waals surface area (Å²) in [6, 6.07) is 0. The number of hydrogen-bond donors (Lipinski definition) is 1. The van der Waals surface area contributed by atoms with E-state index in [9.17, 15) is 0 Å². The van der Waals surface area contributed by atoms with Crippen molar-refractivity contribution in [2.75, 3.05) is 11.5 Å². The quantitative estimate of drug-likeness (QED) is 0.690. The lowest BCUT2D eigenvalue weighted by Gasteiger charge is -2.12. The molecule has 2 aromatic heterocycles. The van der Waals surface area contributed by atoms with Crippen LogP contribution < -0.4 is 5.73 Å². The highest BCUT2D eigenvalue weighted by atomic mass is 32.2. The van der Waals surface area contributed by atoms with E-state index in [0.29, 0.717) is 5.78 Å². The first-order valence-corrected chi connectivity index (χ1v) is 5.46. The molecular weight excluding hydrogens is 198 g/mol. The molecule has 3 heterocycles. The normalized spacial score (nSPS) is 15.7. The van der Waals surface area contributed by atoms with Crippen LogP contribution in [0.5, 0.6) is 0 Å². The van der Waals surface area contributed by atoms with E-state index in [1.165, 1.54) is 11.3 Å². The number of fused-ring (bicyclic) bond motifs is 2. The summed E-state index contributed by atoms with van der Waals surface area (Å²) in [7, 11) is 0. The second-order valence-corrected chi connectivity index (χ2v) is 4.36. The zero-order chi connectivity index (χ0) is 9.54. The molecule has 0 saturated heterocycles. The van der Waals surface area contributed by atoms with Crippen molar-refractivity contribution in [2.45, 2.75) is 17.7 Å². The highest BCUT2D eigenvalue weighted by Crippen LogP contribution is 2.28. The Morgan fingerprint density at radius 3 is 3.29 bits per heavy atom. The van der Waals surface area contributed by atoms with Crippen LogP contribution in [0.15, 0.2) is 11.1 Å². The van der Waals surface area contributed by atoms with Gasteiger partial charge in [-0.1, -0.05) is 0 Å². The van der Waals surface area contributed by atoms with Gasteiger partial charge in [-0.25, -0.2) is 9.50 Å². The van der Waals surface area contributed by atoms with E-state index in [2.05, 4.69) is 15.1 Å². The van der Waals surface area contributed by atoms with Gasteiger partial charge in [0.25, 0.3) is 5.78 Å². The maximum Gasteiger partial charge on any atom is 0.254 e. The summed E-state index contributed by atoms with van der Waals surface area (Å²) < 4.78 is 1.65. The Kier molecular flexibility index (Phi) is 1.63. The number of nitrogens with zero attached hydrogens (tertiary/aromatic N) is 4. The molecule has 0 saturated carbocycles. The van der Waals surface area contributed by atoms with Crippen molar-refractivity contribution in [1.29, 1.82) is 0 Å². The zero-order valence-corrected chi connectivity index (χ0v) is 8.29. The molecule has 0 aromatic carbocycles. The molecule has 0 unspecified atom stereocenters. The monoisotopic (exact) mass is 207 g/mol. The van der Waals surface area contributed by atoms with Crippen LogP contribution in [0.1, 0.15) is 12.1 Å². The van der Waals surface area contributed by atoms with Crippen LogP contribution in [0.4, 0.5) is 5.95 Å². The number of rotatable bonds is 0. The Hall–Kier alpha value is -1.30. The Morgan fingerprint density at radius 2 is 2.36 bits per heavy atom. The van der Waals surface area contributed by atoms with Crippen LogP contribution in [0.3, 0.4) is 0 Å². The molecule has 1 aliphatic heterocycles. The fraction of sp³-hybridized carbons (Fsp3) is 0.375. The first-order chi connectivity index (χ1) is 6.83. The molecule has 6 heteroatoms. The number of anilines is 1. The van der Waals surface area contributed by atoms with Crippen molar-refractivity contribution < 1.29 is 0 Å². The van der Waals surface area contributed by atoms with Gasteiger partial charge in [-0.2, -0.15) is 4.98 Å². The summed E-state index contributed by atoms with van der Waals surface area (Å²) in [6.07, 6.45) is 4.18. The Labute approximate surface area is 84.7 Å². The lowest BCUT2D eigenvalue weighted by atomic mass is 10.2. The van der Waals surface area contributed by atoms with E-state index in [1.54, 1.807) is 4.52 Å². The van der Waals surface area contributed by atoms with Crippen LogP contribution >= 0.6 is 11.8 Å². The SMILES string of the molecule is Nc1nc2nc3c(cn2n1)SCCC3. The molecule has 2 aromatic rings. The van der Waals surface area contributed by atoms with Crippen molar-refractivity contribution >= 4 is 23.5 Å². The second-order valence-electron chi connectivity index (χ2n) is 3.22. The van der Waals surface area contributed by atoms with Gasteiger partial charge >= 0.3 is 0 Å². The smallest absolute Gasteiger partial charge is 0.254 e. The number of aryl methyl sites for hydroxylation is 1. The first kappa shape index (κ1) is 8.05. The van der Waals surface area contributed by atoms with Crippen LogP contribution in [-0.2, 0) is 6.42 Å². The van der Waals surface area contributed by atoms with Gasteiger partial charge in [-0.15, -0.1) is 16.9 Å². The van der Waals surface area contributed by atoms with Crippen molar-refractivity contribution in [3.63, 3.8) is 0 Å². The van der Waals surface area contributed by atoms with Crippen molar-refractivity contribution in [3.05, 3.63) is 11.9 Å². The summed E-state index contributed by atoms with van der Waals surface area (Å²) in [6.45, 7) is 0. The van der Waals surface area contributed by atoms with E-state index < -0.39 is 0 Å². The molecule has 0 atom stereocenters. The van der Waals surface area contributed by atoms with E-state index >= 15 is 0 Å². The fourth-order valence-corrected chi connectivity index (χ4v) is 2.57. The molecule has 0 spiro atoms. The van der Waals surface area contributed by atoms with Gasteiger partial charge < -0.3 is 5.73 Å². The predicted octanol–water partition coefficient (Wildman–Crippen LogP) is 0.745. The number of hydrogen-bond acceptors (Lipinski definition) is 5. The topological polar surface area (TPSA) is 69.1 Å². The maximum atomic E-state index is 5.50. The van der Waals surface area contributed by atoms with Crippen LogP contribution in [0.2, 0.25) is 0 Å². The first-order valence-electron chi connectivity index (χ1n) is 4.47. The lowest BCUT2D eigenvalue weighted by molar-refractivity contribution is 0.808. The minimum atomic E-state index is 0.282. The van der Waals surface area contributed by atoms with Gasteiger partial charge in [0.05, 0.1) is 5.69 Å². The van der Waals surface area contributed by atoms with E-state index in [0.717, 1.165) is 17.9 Å². The minimum absolute atomic E-state index is 0.282. The fourth-order valence-electron chi connectivity index (χ4n) is 1.58. The molecule has 5 nitrogen and oxygen atoms in total. The molecular formula is C8H9N5S. The van der Waals surface area contributed by atoms with Gasteiger partial charge in [0.15, 0.2) is 0 Å². The lowest BCUT2D eigenvalue weighted by Crippen LogP contribution is -2.04. The van der Waals surface area contributed by atoms with Gasteiger partial charge in [0, 0.05) is 11.1 Å². The average molecular weight is 207 g/mol. The average Bonchev–Trinajstić information content (AvgIpc) is 2.53.